The van der Waals surface area contributed by atoms with Crippen LogP contribution in [0.5, 0.6) is 0 Å². The van der Waals surface area contributed by atoms with Crippen molar-refractivity contribution in [2.24, 2.45) is 0 Å². The van der Waals surface area contributed by atoms with Gasteiger partial charge in [0.15, 0.2) is 0 Å². The molecule has 0 saturated carbocycles. The first-order valence-corrected chi connectivity index (χ1v) is 12.4. The summed E-state index contributed by atoms with van der Waals surface area (Å²) >= 11 is -4.01. The number of carboxylic acids is 2. The minimum absolute atomic E-state index is 0. The molecule has 0 atom stereocenters. The van der Waals surface area contributed by atoms with E-state index in [9.17, 15) is 24.0 Å². The predicted octanol–water partition coefficient (Wildman–Crippen LogP) is 2.62. The summed E-state index contributed by atoms with van der Waals surface area (Å²) in [6, 6.07) is 0. The molecule has 180 valence electrons. The van der Waals surface area contributed by atoms with Crippen molar-refractivity contribution in [1.29, 1.82) is 0 Å². The molecule has 0 rings (SSSR count). The van der Waals surface area contributed by atoms with Gasteiger partial charge in [0.25, 0.3) is 0 Å². The molecule has 2 N–H and O–H groups in total. The van der Waals surface area contributed by atoms with E-state index in [0.717, 1.165) is 0 Å². The molecule has 0 aliphatic rings. The first kappa shape index (κ1) is 36.8. The van der Waals surface area contributed by atoms with Crippen LogP contribution in [-0.4, -0.2) is 63.1 Å². The van der Waals surface area contributed by atoms with Gasteiger partial charge in [-0.05, 0) is 13.8 Å². The fourth-order valence-corrected chi connectivity index (χ4v) is 4.32. The van der Waals surface area contributed by atoms with E-state index in [1.54, 1.807) is 0 Å². The zero-order valence-electron chi connectivity index (χ0n) is 18.5. The van der Waals surface area contributed by atoms with Gasteiger partial charge in [0.05, 0.1) is 0 Å². The Morgan fingerprint density at radius 2 is 0.688 bits per heavy atom. The van der Waals surface area contributed by atoms with Crippen LogP contribution in [0.25, 0.3) is 0 Å². The maximum Gasteiger partial charge on any atom is 0 e. The molecule has 0 aromatic carbocycles. The number of rotatable bonds is 8. The second kappa shape index (κ2) is 19.2. The van der Waals surface area contributed by atoms with Gasteiger partial charge in [-0.2, -0.15) is 0 Å². The van der Waals surface area contributed by atoms with Gasteiger partial charge >= 0.3 is 133 Å². The Kier molecular flexibility index (Phi) is 22.0. The maximum absolute atomic E-state index is 11.4. The summed E-state index contributed by atoms with van der Waals surface area (Å²) in [5.41, 5.74) is 0.679. The Labute approximate surface area is 207 Å². The van der Waals surface area contributed by atoms with E-state index in [1.807, 2.05) is 0 Å². The topological polar surface area (TPSA) is 153 Å². The van der Waals surface area contributed by atoms with Crippen molar-refractivity contribution in [3.63, 3.8) is 0 Å². The Morgan fingerprint density at radius 1 is 0.531 bits per heavy atom. The Hall–Kier alpha value is -2.55. The molecule has 12 heteroatoms. The first-order valence-electron chi connectivity index (χ1n) is 8.15. The van der Waals surface area contributed by atoms with Gasteiger partial charge in [0, 0.05) is 28.2 Å². The zero-order valence-corrected chi connectivity index (χ0v) is 23.1. The molecule has 0 aromatic heterocycles. The molecule has 0 saturated heterocycles. The van der Waals surface area contributed by atoms with Gasteiger partial charge in [-0.3, -0.25) is 0 Å². The van der Waals surface area contributed by atoms with Crippen molar-refractivity contribution in [2.75, 3.05) is 0 Å². The van der Waals surface area contributed by atoms with Crippen molar-refractivity contribution >= 4 is 52.9 Å². The molecule has 0 heterocycles. The summed E-state index contributed by atoms with van der Waals surface area (Å²) < 4.78 is 14.6. The van der Waals surface area contributed by atoms with E-state index in [4.69, 9.17) is 18.7 Å². The molecule has 0 aromatic rings. The van der Waals surface area contributed by atoms with Crippen molar-refractivity contribution in [2.45, 2.75) is 34.6 Å². The van der Waals surface area contributed by atoms with Gasteiger partial charge in [0.1, 0.15) is 0 Å². The molecule has 0 spiro atoms. The molecular weight excluding hydrogens is 665 g/mol. The molecule has 0 bridgehead atoms. The van der Waals surface area contributed by atoms with E-state index < -0.39 is 52.9 Å². The van der Waals surface area contributed by atoms with E-state index in [1.165, 1.54) is 34.6 Å². The maximum atomic E-state index is 11.4. The quantitative estimate of drug-likeness (QED) is 0.287. The summed E-state index contributed by atoms with van der Waals surface area (Å²) in [6.07, 6.45) is 0. The molecular formula is C20H27BiFeO10. The first-order chi connectivity index (χ1) is 13.9. The average molecular weight is 692 g/mol. The van der Waals surface area contributed by atoms with Gasteiger partial charge in [-0.15, -0.1) is 0 Å². The Bertz CT molecular complexity index is 684. The number of hydrogen-bond donors (Lipinski definition) is 2. The number of carboxylic acid groups (broad SMARTS) is 2. The molecule has 10 nitrogen and oxygen atoms in total. The van der Waals surface area contributed by atoms with Gasteiger partial charge < -0.3 is 10.2 Å². The van der Waals surface area contributed by atoms with Crippen LogP contribution in [0.3, 0.4) is 0 Å². The molecule has 0 radical (unpaired) electrons. The SMILES string of the molecule is C=C(C)C(=O)O.C=C(C)C(=O)O.C=C(C)C(=O)[O][Bi]([O]C(=O)C(=C)C)[O]C(=O)C(=C)C.[Fe]. The summed E-state index contributed by atoms with van der Waals surface area (Å²) in [4.78, 5) is 53.3. The molecule has 32 heavy (non-hydrogen) atoms. The van der Waals surface area contributed by atoms with Crippen molar-refractivity contribution in [1.82, 2.24) is 0 Å². The van der Waals surface area contributed by atoms with Crippen molar-refractivity contribution in [3.05, 3.63) is 60.8 Å². The van der Waals surface area contributed by atoms with Crippen LogP contribution in [0, 0.1) is 0 Å². The van der Waals surface area contributed by atoms with Crippen LogP contribution >= 0.6 is 0 Å². The van der Waals surface area contributed by atoms with Crippen LogP contribution in [0.4, 0.5) is 0 Å². The largest absolute Gasteiger partial charge is 0 e. The van der Waals surface area contributed by atoms with Crippen LogP contribution < -0.4 is 0 Å². The molecule has 0 aliphatic carbocycles. The van der Waals surface area contributed by atoms with E-state index >= 15 is 0 Å². The second-order valence-electron chi connectivity index (χ2n) is 5.87. The minimum atomic E-state index is -4.01. The van der Waals surface area contributed by atoms with E-state index in [0.29, 0.717) is 0 Å². The number of carbonyl (C=O) groups is 5. The number of hydrogen-bond acceptors (Lipinski definition) is 8. The molecule has 0 aliphatic heterocycles. The standard InChI is InChI=1S/5C4H6O2.Bi.Fe/c5*1-3(2)4(5)6;;/h5*1H2,2H3,(H,5,6);;/q;;;;;+3;/p-3. The summed E-state index contributed by atoms with van der Waals surface area (Å²) in [5.74, 6) is -4.20. The summed E-state index contributed by atoms with van der Waals surface area (Å²) in [7, 11) is 0. The van der Waals surface area contributed by atoms with Gasteiger partial charge in [-0.1, -0.05) is 13.2 Å². The predicted molar refractivity (Wildman–Crippen MR) is 113 cm³/mol. The molecule has 0 unspecified atom stereocenters. The third kappa shape index (κ3) is 22.1. The molecule has 0 amide bonds. The van der Waals surface area contributed by atoms with Crippen LogP contribution in [-0.2, 0) is 49.5 Å². The number of carbonyl (C=O) groups excluding carboxylic acids is 3. The Morgan fingerprint density at radius 3 is 0.781 bits per heavy atom. The minimum Gasteiger partial charge on any atom is 0 e. The second-order valence-corrected chi connectivity index (χ2v) is 9.74. The number of aliphatic carboxylic acids is 2. The van der Waals surface area contributed by atoms with Crippen molar-refractivity contribution in [3.8, 4) is 0 Å². The fourth-order valence-electron chi connectivity index (χ4n) is 0.493. The molecule has 0 fully saturated rings. The monoisotopic (exact) mass is 692 g/mol. The smallest absolute Gasteiger partial charge is 0 e. The fraction of sp³-hybridized carbons (Fsp3) is 0.250. The zero-order chi connectivity index (χ0) is 25.5. The summed E-state index contributed by atoms with van der Waals surface area (Å²) in [5, 5.41) is 15.8. The third-order valence-electron chi connectivity index (χ3n) is 2.25. The average Bonchev–Trinajstić information content (AvgIpc) is 2.61. The van der Waals surface area contributed by atoms with Crippen LogP contribution in [0.2, 0.25) is 0 Å². The van der Waals surface area contributed by atoms with E-state index in [-0.39, 0.29) is 44.9 Å². The van der Waals surface area contributed by atoms with Gasteiger partial charge in [0.2, 0.25) is 0 Å². The van der Waals surface area contributed by atoms with Crippen molar-refractivity contribution < 1.29 is 59.7 Å². The third-order valence-corrected chi connectivity index (χ3v) is 5.92. The van der Waals surface area contributed by atoms with Gasteiger partial charge in [-0.25, -0.2) is 9.59 Å². The Balaban J connectivity index is -0.000000248. The van der Waals surface area contributed by atoms with Crippen LogP contribution in [0.1, 0.15) is 34.6 Å². The van der Waals surface area contributed by atoms with Crippen LogP contribution in [0.15, 0.2) is 60.8 Å². The van der Waals surface area contributed by atoms with E-state index in [2.05, 4.69) is 32.9 Å². The normalized spacial score (nSPS) is 8.44. The summed E-state index contributed by atoms with van der Waals surface area (Å²) in [6.45, 7) is 23.6.